The van der Waals surface area contributed by atoms with Gasteiger partial charge in [0.15, 0.2) is 0 Å². The molecule has 2 aromatic rings. The van der Waals surface area contributed by atoms with E-state index in [2.05, 4.69) is 15.3 Å². The lowest BCUT2D eigenvalue weighted by molar-refractivity contribution is -0.131. The van der Waals surface area contributed by atoms with Gasteiger partial charge in [-0.15, -0.1) is 11.3 Å². The second kappa shape index (κ2) is 7.30. The maximum atomic E-state index is 12.1. The minimum absolute atomic E-state index is 0.203. The first-order valence-corrected chi connectivity index (χ1v) is 7.07. The first-order chi connectivity index (χ1) is 10.2. The third-order valence-corrected chi connectivity index (χ3v) is 3.41. The summed E-state index contributed by atoms with van der Waals surface area (Å²) < 4.78 is 0. The summed E-state index contributed by atoms with van der Waals surface area (Å²) in [5.74, 6) is -1.41. The number of hydrogen-bond donors (Lipinski definition) is 2. The number of aliphatic carboxylic acids is 1. The van der Waals surface area contributed by atoms with Crippen LogP contribution in [-0.2, 0) is 11.2 Å². The number of pyridine rings is 1. The molecule has 0 saturated heterocycles. The van der Waals surface area contributed by atoms with Gasteiger partial charge in [-0.2, -0.15) is 0 Å². The van der Waals surface area contributed by atoms with Crippen molar-refractivity contribution in [1.29, 1.82) is 0 Å². The zero-order valence-corrected chi connectivity index (χ0v) is 11.8. The van der Waals surface area contributed by atoms with E-state index in [4.69, 9.17) is 5.11 Å². The van der Waals surface area contributed by atoms with Crippen LogP contribution < -0.4 is 5.32 Å². The summed E-state index contributed by atoms with van der Waals surface area (Å²) in [6, 6.07) is 3.29. The summed E-state index contributed by atoms with van der Waals surface area (Å²) in [5, 5.41) is 14.2. The summed E-state index contributed by atoms with van der Waals surface area (Å²) in [7, 11) is 0. The van der Waals surface area contributed by atoms with E-state index in [1.165, 1.54) is 23.6 Å². The molecule has 6 nitrogen and oxygen atoms in total. The Kier molecular flexibility index (Phi) is 5.16. The number of carboxylic acid groups (broad SMARTS) is 1. The highest BCUT2D eigenvalue weighted by Crippen LogP contribution is 2.08. The molecule has 2 heterocycles. The second-order valence-corrected chi connectivity index (χ2v) is 5.02. The number of amides is 1. The highest BCUT2D eigenvalue weighted by atomic mass is 32.1. The Morgan fingerprint density at radius 1 is 1.33 bits per heavy atom. The third kappa shape index (κ3) is 4.50. The fourth-order valence-electron chi connectivity index (χ4n) is 1.65. The molecule has 2 aromatic heterocycles. The Balaban J connectivity index is 2.00. The topological polar surface area (TPSA) is 92.2 Å². The van der Waals surface area contributed by atoms with Crippen LogP contribution >= 0.6 is 11.3 Å². The Morgan fingerprint density at radius 2 is 2.19 bits per heavy atom. The average molecular weight is 303 g/mol. The van der Waals surface area contributed by atoms with Crippen LogP contribution in [0, 0.1) is 0 Å². The van der Waals surface area contributed by atoms with Gasteiger partial charge in [-0.1, -0.05) is 6.07 Å². The van der Waals surface area contributed by atoms with E-state index in [1.807, 2.05) is 5.38 Å². The fraction of sp³-hybridized carbons (Fsp3) is 0.143. The second-order valence-electron chi connectivity index (χ2n) is 4.04. The van der Waals surface area contributed by atoms with Crippen molar-refractivity contribution >= 4 is 29.3 Å². The van der Waals surface area contributed by atoms with E-state index in [1.54, 1.807) is 18.3 Å². The molecule has 0 saturated carbocycles. The smallest absolute Gasteiger partial charge is 0.328 e. The molecule has 108 valence electrons. The molecule has 0 aliphatic carbocycles. The average Bonchev–Trinajstić information content (AvgIpc) is 2.98. The largest absolute Gasteiger partial charge is 0.478 e. The molecule has 0 spiro atoms. The van der Waals surface area contributed by atoms with Gasteiger partial charge in [0.1, 0.15) is 5.69 Å². The lowest BCUT2D eigenvalue weighted by Gasteiger charge is -2.06. The highest BCUT2D eigenvalue weighted by Gasteiger charge is 2.10. The predicted octanol–water partition coefficient (Wildman–Crippen LogP) is 1.61. The maximum absolute atomic E-state index is 12.1. The van der Waals surface area contributed by atoms with Crippen LogP contribution in [0.1, 0.15) is 21.1 Å². The van der Waals surface area contributed by atoms with E-state index in [0.717, 1.165) is 11.1 Å². The van der Waals surface area contributed by atoms with Gasteiger partial charge >= 0.3 is 5.97 Å². The highest BCUT2D eigenvalue weighted by molar-refractivity contribution is 7.09. The van der Waals surface area contributed by atoms with Crippen LogP contribution in [0.2, 0.25) is 0 Å². The van der Waals surface area contributed by atoms with Gasteiger partial charge in [0.25, 0.3) is 5.91 Å². The lowest BCUT2D eigenvalue weighted by atomic mass is 10.1. The van der Waals surface area contributed by atoms with Crippen molar-refractivity contribution in [3.05, 3.63) is 52.2 Å². The standard InChI is InChI=1S/C14H13N3O3S/c18-12(19)4-3-10-2-1-6-16-13(10)14(20)17-7-5-11-15-8-9-21-11/h1-4,6,8-9H,5,7H2,(H,17,20)(H,18,19)/b4-3+. The summed E-state index contributed by atoms with van der Waals surface area (Å²) in [5.41, 5.74) is 0.667. The molecule has 0 aliphatic rings. The van der Waals surface area contributed by atoms with Crippen molar-refractivity contribution in [2.75, 3.05) is 6.54 Å². The van der Waals surface area contributed by atoms with Crippen LogP contribution in [-0.4, -0.2) is 33.5 Å². The number of carbonyl (C=O) groups excluding carboxylic acids is 1. The molecular formula is C14H13N3O3S. The van der Waals surface area contributed by atoms with Crippen LogP contribution in [0.4, 0.5) is 0 Å². The number of thiazole rings is 1. The van der Waals surface area contributed by atoms with Crippen molar-refractivity contribution in [1.82, 2.24) is 15.3 Å². The number of nitrogens with zero attached hydrogens (tertiary/aromatic N) is 2. The summed E-state index contributed by atoms with van der Waals surface area (Å²) in [6.07, 6.45) is 6.19. The van der Waals surface area contributed by atoms with Crippen molar-refractivity contribution in [3.63, 3.8) is 0 Å². The molecule has 0 unspecified atom stereocenters. The number of rotatable bonds is 6. The van der Waals surface area contributed by atoms with Crippen molar-refractivity contribution in [2.45, 2.75) is 6.42 Å². The van der Waals surface area contributed by atoms with Gasteiger partial charge in [-0.05, 0) is 12.1 Å². The van der Waals surface area contributed by atoms with Gasteiger partial charge in [-0.3, -0.25) is 9.78 Å². The normalized spacial score (nSPS) is 10.7. The fourth-order valence-corrected chi connectivity index (χ4v) is 2.27. The zero-order valence-electron chi connectivity index (χ0n) is 11.0. The molecule has 0 aromatic carbocycles. The third-order valence-electron chi connectivity index (χ3n) is 2.57. The molecule has 0 fully saturated rings. The first-order valence-electron chi connectivity index (χ1n) is 6.19. The molecule has 0 radical (unpaired) electrons. The number of carboxylic acids is 1. The molecular weight excluding hydrogens is 290 g/mol. The number of carbonyl (C=O) groups is 2. The van der Waals surface area contributed by atoms with E-state index in [9.17, 15) is 9.59 Å². The van der Waals surface area contributed by atoms with E-state index in [-0.39, 0.29) is 11.6 Å². The molecule has 0 aliphatic heterocycles. The number of hydrogen-bond acceptors (Lipinski definition) is 5. The summed E-state index contributed by atoms with van der Waals surface area (Å²) in [6.45, 7) is 0.449. The van der Waals surface area contributed by atoms with Crippen LogP contribution in [0.5, 0.6) is 0 Å². The molecule has 0 atom stereocenters. The van der Waals surface area contributed by atoms with Gasteiger partial charge in [-0.25, -0.2) is 9.78 Å². The molecule has 7 heteroatoms. The summed E-state index contributed by atoms with van der Waals surface area (Å²) >= 11 is 1.53. The Hall–Kier alpha value is -2.54. The number of aromatic nitrogens is 2. The quantitative estimate of drug-likeness (QED) is 0.791. The first kappa shape index (κ1) is 14.9. The Bertz CT molecular complexity index is 653. The van der Waals surface area contributed by atoms with Gasteiger partial charge in [0, 0.05) is 42.4 Å². The molecule has 1 amide bonds. The van der Waals surface area contributed by atoms with Crippen LogP contribution in [0.3, 0.4) is 0 Å². The van der Waals surface area contributed by atoms with Crippen LogP contribution in [0.25, 0.3) is 6.08 Å². The van der Waals surface area contributed by atoms with Crippen molar-refractivity contribution in [2.24, 2.45) is 0 Å². The van der Waals surface area contributed by atoms with E-state index >= 15 is 0 Å². The molecule has 2 N–H and O–H groups in total. The maximum Gasteiger partial charge on any atom is 0.328 e. The minimum Gasteiger partial charge on any atom is -0.478 e. The van der Waals surface area contributed by atoms with Crippen molar-refractivity contribution < 1.29 is 14.7 Å². The van der Waals surface area contributed by atoms with E-state index in [0.29, 0.717) is 18.5 Å². The Morgan fingerprint density at radius 3 is 2.90 bits per heavy atom. The molecule has 2 rings (SSSR count). The van der Waals surface area contributed by atoms with Crippen molar-refractivity contribution in [3.8, 4) is 0 Å². The van der Waals surface area contributed by atoms with E-state index < -0.39 is 5.97 Å². The number of nitrogens with one attached hydrogen (secondary N) is 1. The minimum atomic E-state index is -1.08. The predicted molar refractivity (Wildman–Crippen MR) is 79.1 cm³/mol. The summed E-state index contributed by atoms with van der Waals surface area (Å²) in [4.78, 5) is 30.7. The monoisotopic (exact) mass is 303 g/mol. The zero-order chi connectivity index (χ0) is 15.1. The Labute approximate surface area is 125 Å². The lowest BCUT2D eigenvalue weighted by Crippen LogP contribution is -2.27. The molecule has 0 bridgehead atoms. The van der Waals surface area contributed by atoms with Gasteiger partial charge < -0.3 is 10.4 Å². The van der Waals surface area contributed by atoms with Crippen LogP contribution in [0.15, 0.2) is 36.0 Å². The van der Waals surface area contributed by atoms with Gasteiger partial charge in [0.05, 0.1) is 5.01 Å². The van der Waals surface area contributed by atoms with Gasteiger partial charge in [0.2, 0.25) is 0 Å². The SMILES string of the molecule is O=C(O)/C=C/c1cccnc1C(=O)NCCc1nccs1. The molecule has 21 heavy (non-hydrogen) atoms.